The third-order valence-corrected chi connectivity index (χ3v) is 5.28. The van der Waals surface area contributed by atoms with Crippen LogP contribution >= 0.6 is 0 Å². The largest absolute Gasteiger partial charge is 0.481 e. The molecule has 2 N–H and O–H groups in total. The van der Waals surface area contributed by atoms with E-state index in [9.17, 15) is 14.7 Å². The summed E-state index contributed by atoms with van der Waals surface area (Å²) in [5, 5.41) is 19.0. The number of unbranched alkanes of at least 4 members (excludes halogenated alkanes) is 1. The lowest BCUT2D eigenvalue weighted by atomic mass is 9.93. The van der Waals surface area contributed by atoms with E-state index in [-0.39, 0.29) is 19.0 Å². The average molecular weight is 377 g/mol. The van der Waals surface area contributed by atoms with Crippen LogP contribution in [-0.2, 0) is 9.53 Å². The fraction of sp³-hybridized carbons (Fsp3) is 0.714. The molecule has 6 heteroatoms. The number of aliphatic hydroxyl groups excluding tert-OH is 1. The molecule has 0 aromatic carbocycles. The van der Waals surface area contributed by atoms with Gasteiger partial charge in [-0.25, -0.2) is 4.79 Å². The number of aliphatic hydroxyl groups is 1. The smallest absolute Gasteiger partial charge is 0.411 e. The summed E-state index contributed by atoms with van der Waals surface area (Å²) in [5.74, 6) is 5.01. The summed E-state index contributed by atoms with van der Waals surface area (Å²) in [5.41, 5.74) is 0.325. The average Bonchev–Trinajstić information content (AvgIpc) is 3.36. The number of hydrogen-bond donors (Lipinski definition) is 2. The quantitative estimate of drug-likeness (QED) is 0.346. The maximum atomic E-state index is 12.0. The molecular weight excluding hydrogens is 346 g/mol. The van der Waals surface area contributed by atoms with E-state index in [1.807, 2.05) is 12.2 Å². The second-order valence-electron chi connectivity index (χ2n) is 7.61. The van der Waals surface area contributed by atoms with Gasteiger partial charge in [0.15, 0.2) is 0 Å². The topological polar surface area (TPSA) is 87.1 Å². The molecule has 0 radical (unpaired) electrons. The van der Waals surface area contributed by atoms with E-state index >= 15 is 0 Å². The number of nitrogens with zero attached hydrogens (tertiary/aromatic N) is 1. The minimum atomic E-state index is -0.827. The Bertz CT molecular complexity index is 599. The number of ether oxygens (including phenoxy) is 1. The van der Waals surface area contributed by atoms with Gasteiger partial charge in [-0.15, -0.1) is 5.92 Å². The van der Waals surface area contributed by atoms with E-state index in [1.54, 1.807) is 4.90 Å². The Balaban J connectivity index is 1.84. The Labute approximate surface area is 161 Å². The fourth-order valence-electron chi connectivity index (χ4n) is 3.61. The van der Waals surface area contributed by atoms with Crippen molar-refractivity contribution in [3.63, 3.8) is 0 Å². The number of amides is 1. The standard InChI is InChI=1S/C21H31NO5/c1-2-11-21(12-13-21)16-18(23)9-8-17-10-15-27-20(26)22(17)14-6-4-3-5-7-19(24)25/h8-9,17-18,23H,2-3,5,7,10-16H2,1H3,(H,24,25)/t17-,18?/m0/s1. The lowest BCUT2D eigenvalue weighted by Gasteiger charge is -2.32. The number of carbonyl (C=O) groups is 2. The van der Waals surface area contributed by atoms with Crippen molar-refractivity contribution in [3.05, 3.63) is 12.2 Å². The molecular formula is C21H31NO5. The van der Waals surface area contributed by atoms with Crippen molar-refractivity contribution in [2.24, 2.45) is 5.41 Å². The van der Waals surface area contributed by atoms with Crippen molar-refractivity contribution in [2.45, 2.75) is 76.9 Å². The van der Waals surface area contributed by atoms with Crippen LogP contribution in [0.1, 0.15) is 64.7 Å². The first-order valence-electron chi connectivity index (χ1n) is 9.93. The van der Waals surface area contributed by atoms with E-state index in [0.717, 1.165) is 19.3 Å². The van der Waals surface area contributed by atoms with Crippen molar-refractivity contribution in [1.82, 2.24) is 4.90 Å². The van der Waals surface area contributed by atoms with Crippen LogP contribution in [-0.4, -0.2) is 52.5 Å². The molecule has 2 aliphatic rings. The van der Waals surface area contributed by atoms with Crippen molar-refractivity contribution in [2.75, 3.05) is 13.2 Å². The lowest BCUT2D eigenvalue weighted by Crippen LogP contribution is -2.44. The predicted molar refractivity (Wildman–Crippen MR) is 102 cm³/mol. The number of cyclic esters (lactones) is 1. The van der Waals surface area contributed by atoms with Crippen molar-refractivity contribution in [1.29, 1.82) is 0 Å². The minimum absolute atomic E-state index is 0.100. The summed E-state index contributed by atoms with van der Waals surface area (Å²) in [6, 6.07) is -0.129. The van der Waals surface area contributed by atoms with Crippen molar-refractivity contribution >= 4 is 12.1 Å². The molecule has 1 amide bonds. The SMILES string of the molecule is CCCC1(CC(O)C=C[C@H]2CCOC(=O)N2CC#CCCCC(=O)O)CC1. The first-order valence-corrected chi connectivity index (χ1v) is 9.93. The van der Waals surface area contributed by atoms with Gasteiger partial charge in [-0.2, -0.15) is 0 Å². The molecule has 6 nitrogen and oxygen atoms in total. The van der Waals surface area contributed by atoms with Gasteiger partial charge in [-0.05, 0) is 37.5 Å². The lowest BCUT2D eigenvalue weighted by molar-refractivity contribution is -0.137. The predicted octanol–water partition coefficient (Wildman–Crippen LogP) is 3.34. The number of carbonyl (C=O) groups excluding carboxylic acids is 1. The Hall–Kier alpha value is -2.00. The zero-order valence-electron chi connectivity index (χ0n) is 16.2. The van der Waals surface area contributed by atoms with Crippen LogP contribution in [0.25, 0.3) is 0 Å². The molecule has 2 rings (SSSR count). The van der Waals surface area contributed by atoms with Crippen LogP contribution in [0, 0.1) is 17.3 Å². The van der Waals surface area contributed by atoms with Crippen LogP contribution in [0.2, 0.25) is 0 Å². The zero-order chi connectivity index (χ0) is 19.7. The maximum Gasteiger partial charge on any atom is 0.411 e. The van der Waals surface area contributed by atoms with Gasteiger partial charge in [0.1, 0.15) is 0 Å². The second-order valence-corrected chi connectivity index (χ2v) is 7.61. The number of rotatable bonds is 10. The monoisotopic (exact) mass is 377 g/mol. The molecule has 1 aliphatic carbocycles. The van der Waals surface area contributed by atoms with Gasteiger partial charge >= 0.3 is 12.1 Å². The van der Waals surface area contributed by atoms with Gasteiger partial charge in [0.25, 0.3) is 0 Å². The first-order chi connectivity index (χ1) is 13.0. The summed E-state index contributed by atoms with van der Waals surface area (Å²) >= 11 is 0. The highest BCUT2D eigenvalue weighted by Gasteiger charge is 2.42. The van der Waals surface area contributed by atoms with Crippen LogP contribution in [0.15, 0.2) is 12.2 Å². The summed E-state index contributed by atoms with van der Waals surface area (Å²) in [7, 11) is 0. The van der Waals surface area contributed by atoms with E-state index < -0.39 is 18.2 Å². The van der Waals surface area contributed by atoms with Crippen molar-refractivity contribution < 1.29 is 24.5 Å². The zero-order valence-corrected chi connectivity index (χ0v) is 16.2. The van der Waals surface area contributed by atoms with Crippen LogP contribution in [0.3, 0.4) is 0 Å². The van der Waals surface area contributed by atoms with E-state index in [2.05, 4.69) is 18.8 Å². The summed E-state index contributed by atoms with van der Waals surface area (Å²) in [6.45, 7) is 2.79. The molecule has 0 bridgehead atoms. The summed E-state index contributed by atoms with van der Waals surface area (Å²) in [4.78, 5) is 24.1. The van der Waals surface area contributed by atoms with E-state index in [1.165, 1.54) is 12.8 Å². The Morgan fingerprint density at radius 3 is 2.89 bits per heavy atom. The third kappa shape index (κ3) is 7.26. The Morgan fingerprint density at radius 1 is 1.44 bits per heavy atom. The highest BCUT2D eigenvalue weighted by molar-refractivity contribution is 5.69. The molecule has 27 heavy (non-hydrogen) atoms. The molecule has 2 atom stereocenters. The van der Waals surface area contributed by atoms with E-state index in [0.29, 0.717) is 31.3 Å². The number of aliphatic carboxylic acids is 1. The number of carboxylic acids is 1. The first kappa shape index (κ1) is 21.3. The fourth-order valence-corrected chi connectivity index (χ4v) is 3.61. The van der Waals surface area contributed by atoms with Gasteiger partial charge < -0.3 is 14.9 Å². The molecule has 1 saturated carbocycles. The summed E-state index contributed by atoms with van der Waals surface area (Å²) < 4.78 is 5.10. The highest BCUT2D eigenvalue weighted by Crippen LogP contribution is 2.53. The van der Waals surface area contributed by atoms with Gasteiger partial charge in [0.2, 0.25) is 0 Å². The molecule has 2 fully saturated rings. The normalized spacial score (nSPS) is 22.1. The number of carboxylic acid groups (broad SMARTS) is 1. The minimum Gasteiger partial charge on any atom is -0.481 e. The molecule has 1 aliphatic heterocycles. The molecule has 1 saturated heterocycles. The maximum absolute atomic E-state index is 12.0. The van der Waals surface area contributed by atoms with Gasteiger partial charge in [0.05, 0.1) is 25.3 Å². The number of hydrogen-bond acceptors (Lipinski definition) is 4. The van der Waals surface area contributed by atoms with E-state index in [4.69, 9.17) is 9.84 Å². The Kier molecular flexibility index (Phi) is 8.18. The van der Waals surface area contributed by atoms with Gasteiger partial charge in [-0.3, -0.25) is 9.69 Å². The van der Waals surface area contributed by atoms with Gasteiger partial charge in [-0.1, -0.05) is 31.4 Å². The second kappa shape index (κ2) is 10.4. The molecule has 0 spiro atoms. The molecule has 1 unspecified atom stereocenters. The third-order valence-electron chi connectivity index (χ3n) is 5.28. The summed E-state index contributed by atoms with van der Waals surface area (Å²) in [6.07, 6.45) is 10.1. The highest BCUT2D eigenvalue weighted by atomic mass is 16.6. The Morgan fingerprint density at radius 2 is 2.22 bits per heavy atom. The molecule has 0 aromatic rings. The molecule has 0 aromatic heterocycles. The van der Waals surface area contributed by atoms with Gasteiger partial charge in [0, 0.05) is 19.3 Å². The van der Waals surface area contributed by atoms with Crippen LogP contribution in [0.4, 0.5) is 4.79 Å². The molecule has 150 valence electrons. The van der Waals surface area contributed by atoms with Crippen molar-refractivity contribution in [3.8, 4) is 11.8 Å². The van der Waals surface area contributed by atoms with Crippen LogP contribution < -0.4 is 0 Å². The molecule has 1 heterocycles. The van der Waals surface area contributed by atoms with Crippen LogP contribution in [0.5, 0.6) is 0 Å².